The summed E-state index contributed by atoms with van der Waals surface area (Å²) in [6, 6.07) is 5.84. The molecule has 0 saturated carbocycles. The molecule has 0 amide bonds. The van der Waals surface area contributed by atoms with Crippen LogP contribution in [0.15, 0.2) is 59.9 Å². The van der Waals surface area contributed by atoms with E-state index in [2.05, 4.69) is 19.4 Å². The number of fused-ring (bicyclic) bond motifs is 1. The second-order valence-corrected chi connectivity index (χ2v) is 6.16. The van der Waals surface area contributed by atoms with Crippen molar-refractivity contribution in [1.82, 2.24) is 19.4 Å². The van der Waals surface area contributed by atoms with E-state index in [1.165, 1.54) is 5.56 Å². The van der Waals surface area contributed by atoms with Crippen molar-refractivity contribution in [2.75, 3.05) is 13.2 Å². The minimum Gasteiger partial charge on any atom is -0.492 e. The van der Waals surface area contributed by atoms with Crippen LogP contribution in [-0.4, -0.2) is 32.6 Å². The average Bonchev–Trinajstić information content (AvgIpc) is 3.23. The lowest BCUT2D eigenvalue weighted by atomic mass is 10.1. The van der Waals surface area contributed by atoms with E-state index in [1.54, 1.807) is 24.9 Å². The highest BCUT2D eigenvalue weighted by Crippen LogP contribution is 2.19. The van der Waals surface area contributed by atoms with Crippen molar-refractivity contribution < 1.29 is 9.15 Å². The molecule has 6 heteroatoms. The number of hydrogen-bond acceptors (Lipinski definition) is 5. The Bertz CT molecular complexity index is 754. The van der Waals surface area contributed by atoms with E-state index in [0.717, 1.165) is 37.8 Å². The second kappa shape index (κ2) is 6.88. The highest BCUT2D eigenvalue weighted by Gasteiger charge is 2.23. The summed E-state index contributed by atoms with van der Waals surface area (Å²) in [6.45, 7) is 4.21. The molecule has 24 heavy (non-hydrogen) atoms. The first-order valence-electron chi connectivity index (χ1n) is 8.13. The summed E-state index contributed by atoms with van der Waals surface area (Å²) in [6.07, 6.45) is 10.9. The Hall–Kier alpha value is -2.60. The van der Waals surface area contributed by atoms with Crippen LogP contribution < -0.4 is 4.74 Å². The summed E-state index contributed by atoms with van der Waals surface area (Å²) < 4.78 is 13.4. The number of hydrogen-bond donors (Lipinski definition) is 0. The van der Waals surface area contributed by atoms with Crippen LogP contribution >= 0.6 is 0 Å². The average molecular weight is 324 g/mol. The van der Waals surface area contributed by atoms with Gasteiger partial charge in [0.25, 0.3) is 0 Å². The Labute approximate surface area is 140 Å². The van der Waals surface area contributed by atoms with Gasteiger partial charge in [0.1, 0.15) is 11.6 Å². The molecular formula is C18H20N4O2. The fraction of sp³-hybridized carbons (Fsp3) is 0.333. The molecule has 0 bridgehead atoms. The predicted octanol–water partition coefficient (Wildman–Crippen LogP) is 2.58. The lowest BCUT2D eigenvalue weighted by Crippen LogP contribution is -2.30. The molecule has 0 radical (unpaired) electrons. The molecule has 6 nitrogen and oxygen atoms in total. The molecule has 1 aliphatic rings. The van der Waals surface area contributed by atoms with Gasteiger partial charge in [0.2, 0.25) is 0 Å². The molecule has 1 aliphatic heterocycles. The lowest BCUT2D eigenvalue weighted by Gasteiger charge is -2.23. The zero-order valence-corrected chi connectivity index (χ0v) is 13.4. The smallest absolute Gasteiger partial charge is 0.137 e. The number of aromatic nitrogens is 3. The van der Waals surface area contributed by atoms with Crippen molar-refractivity contribution in [1.29, 1.82) is 0 Å². The molecule has 124 valence electrons. The van der Waals surface area contributed by atoms with Crippen LogP contribution in [0, 0.1) is 5.92 Å². The highest BCUT2D eigenvalue weighted by atomic mass is 16.5. The summed E-state index contributed by atoms with van der Waals surface area (Å²) in [5, 5.41) is 0. The number of rotatable bonds is 5. The Morgan fingerprint density at radius 1 is 1.25 bits per heavy atom. The van der Waals surface area contributed by atoms with Gasteiger partial charge in [-0.2, -0.15) is 0 Å². The molecule has 1 atom stereocenters. The standard InChI is InChI=1S/C18H20N4O2/c1-2-17(8-19-4-1)24-14-16-10-21(9-15-3-7-23-13-15)12-18-20-5-6-22(18)11-16/h1-8,13,16H,9-12,14H2. The summed E-state index contributed by atoms with van der Waals surface area (Å²) >= 11 is 0. The van der Waals surface area contributed by atoms with Gasteiger partial charge < -0.3 is 13.7 Å². The molecule has 0 N–H and O–H groups in total. The number of furan rings is 1. The topological polar surface area (TPSA) is 56.3 Å². The van der Waals surface area contributed by atoms with E-state index in [-0.39, 0.29) is 0 Å². The van der Waals surface area contributed by atoms with Crippen LogP contribution in [0.4, 0.5) is 0 Å². The third-order valence-electron chi connectivity index (χ3n) is 4.24. The van der Waals surface area contributed by atoms with Crippen LogP contribution in [0.3, 0.4) is 0 Å². The Morgan fingerprint density at radius 2 is 2.25 bits per heavy atom. The van der Waals surface area contributed by atoms with Gasteiger partial charge in [-0.3, -0.25) is 9.88 Å². The van der Waals surface area contributed by atoms with Gasteiger partial charge in [0.05, 0.1) is 31.9 Å². The van der Waals surface area contributed by atoms with Crippen LogP contribution in [0.1, 0.15) is 11.4 Å². The molecule has 4 rings (SSSR count). The van der Waals surface area contributed by atoms with Gasteiger partial charge in [-0.05, 0) is 18.2 Å². The van der Waals surface area contributed by atoms with E-state index in [1.807, 2.05) is 30.6 Å². The van der Waals surface area contributed by atoms with E-state index in [9.17, 15) is 0 Å². The molecule has 0 fully saturated rings. The summed E-state index contributed by atoms with van der Waals surface area (Å²) in [5.41, 5.74) is 1.18. The number of pyridine rings is 1. The molecule has 4 heterocycles. The van der Waals surface area contributed by atoms with Crippen LogP contribution in [-0.2, 0) is 19.6 Å². The highest BCUT2D eigenvalue weighted by molar-refractivity contribution is 5.15. The molecule has 0 spiro atoms. The first kappa shape index (κ1) is 15.0. The first-order valence-corrected chi connectivity index (χ1v) is 8.13. The van der Waals surface area contributed by atoms with E-state index >= 15 is 0 Å². The van der Waals surface area contributed by atoms with Gasteiger partial charge in [0, 0.05) is 49.7 Å². The summed E-state index contributed by atoms with van der Waals surface area (Å²) in [4.78, 5) is 11.0. The number of imidazole rings is 1. The molecule has 3 aromatic rings. The zero-order chi connectivity index (χ0) is 16.2. The molecule has 0 aromatic carbocycles. The number of nitrogens with zero attached hydrogens (tertiary/aromatic N) is 4. The SMILES string of the molecule is c1cncc(OCC2CN(Cc3ccoc3)Cc3nccn3C2)c1. The predicted molar refractivity (Wildman–Crippen MR) is 88.3 cm³/mol. The van der Waals surface area contributed by atoms with Gasteiger partial charge >= 0.3 is 0 Å². The van der Waals surface area contributed by atoms with Crippen LogP contribution in [0.25, 0.3) is 0 Å². The first-order chi connectivity index (χ1) is 11.9. The third kappa shape index (κ3) is 3.49. The van der Waals surface area contributed by atoms with Crippen molar-refractivity contribution >= 4 is 0 Å². The maximum absolute atomic E-state index is 5.93. The number of ether oxygens (including phenoxy) is 1. The molecule has 3 aromatic heterocycles. The maximum atomic E-state index is 5.93. The van der Waals surface area contributed by atoms with E-state index in [0.29, 0.717) is 12.5 Å². The summed E-state index contributed by atoms with van der Waals surface area (Å²) in [5.74, 6) is 2.30. The fourth-order valence-corrected chi connectivity index (χ4v) is 3.14. The monoisotopic (exact) mass is 324 g/mol. The van der Waals surface area contributed by atoms with Crippen LogP contribution in [0.2, 0.25) is 0 Å². The molecular weight excluding hydrogens is 304 g/mol. The maximum Gasteiger partial charge on any atom is 0.137 e. The van der Waals surface area contributed by atoms with Gasteiger partial charge in [-0.1, -0.05) is 0 Å². The van der Waals surface area contributed by atoms with E-state index < -0.39 is 0 Å². The van der Waals surface area contributed by atoms with Crippen molar-refractivity contribution in [3.05, 3.63) is 66.9 Å². The normalized spacial score (nSPS) is 18.1. The quantitative estimate of drug-likeness (QED) is 0.722. The van der Waals surface area contributed by atoms with Crippen molar-refractivity contribution in [2.45, 2.75) is 19.6 Å². The zero-order valence-electron chi connectivity index (χ0n) is 13.4. The minimum atomic E-state index is 0.382. The minimum absolute atomic E-state index is 0.382. The Kier molecular flexibility index (Phi) is 4.29. The third-order valence-corrected chi connectivity index (χ3v) is 4.24. The van der Waals surface area contributed by atoms with E-state index in [4.69, 9.17) is 9.15 Å². The summed E-state index contributed by atoms with van der Waals surface area (Å²) in [7, 11) is 0. The molecule has 0 aliphatic carbocycles. The second-order valence-electron chi connectivity index (χ2n) is 6.16. The fourth-order valence-electron chi connectivity index (χ4n) is 3.14. The Morgan fingerprint density at radius 3 is 3.08 bits per heavy atom. The van der Waals surface area contributed by atoms with Gasteiger partial charge in [-0.15, -0.1) is 0 Å². The largest absolute Gasteiger partial charge is 0.492 e. The van der Waals surface area contributed by atoms with Crippen molar-refractivity contribution in [2.24, 2.45) is 5.92 Å². The molecule has 0 saturated heterocycles. The van der Waals surface area contributed by atoms with Gasteiger partial charge in [-0.25, -0.2) is 4.98 Å². The van der Waals surface area contributed by atoms with Crippen molar-refractivity contribution in [3.8, 4) is 5.75 Å². The Balaban J connectivity index is 1.46. The molecule has 1 unspecified atom stereocenters. The van der Waals surface area contributed by atoms with Crippen LogP contribution in [0.5, 0.6) is 5.75 Å². The van der Waals surface area contributed by atoms with Gasteiger partial charge in [0.15, 0.2) is 0 Å². The van der Waals surface area contributed by atoms with Crippen molar-refractivity contribution in [3.63, 3.8) is 0 Å². The lowest BCUT2D eigenvalue weighted by molar-refractivity contribution is 0.167.